The molecule has 0 aliphatic carbocycles. The molecule has 0 fully saturated rings. The van der Waals surface area contributed by atoms with Crippen molar-refractivity contribution in [3.05, 3.63) is 40.5 Å². The van der Waals surface area contributed by atoms with Crippen LogP contribution in [0, 0.1) is 0 Å². The van der Waals surface area contributed by atoms with Gasteiger partial charge in [0, 0.05) is 30.7 Å². The minimum atomic E-state index is 0.0453. The van der Waals surface area contributed by atoms with E-state index in [1.54, 1.807) is 14.2 Å². The van der Waals surface area contributed by atoms with Gasteiger partial charge in [0.2, 0.25) is 5.75 Å². The third-order valence-electron chi connectivity index (χ3n) is 7.20. The molecule has 2 aliphatic rings. The number of fused-ring (bicyclic) bond motifs is 2. The number of benzene rings is 2. The monoisotopic (exact) mass is 440 g/mol. The summed E-state index contributed by atoms with van der Waals surface area (Å²) >= 11 is 0. The number of nitrogens with zero attached hydrogens (tertiary/aromatic N) is 2. The number of likely N-dealkylation sites (N-methyl/N-ethyl adjacent to an activating group) is 2. The molecular weight excluding hydrogens is 404 g/mol. The molecule has 6 nitrogen and oxygen atoms in total. The molecule has 0 saturated carbocycles. The summed E-state index contributed by atoms with van der Waals surface area (Å²) < 4.78 is 17.8. The number of ether oxygens (including phenoxy) is 3. The summed E-state index contributed by atoms with van der Waals surface area (Å²) in [5.41, 5.74) is 4.80. The Morgan fingerprint density at radius 3 is 2.06 bits per heavy atom. The molecule has 0 radical (unpaired) electrons. The Hall–Kier alpha value is -2.44. The largest absolute Gasteiger partial charge is 0.502 e. The number of hydrogen-bond acceptors (Lipinski definition) is 6. The molecule has 0 unspecified atom stereocenters. The van der Waals surface area contributed by atoms with Gasteiger partial charge in [-0.3, -0.25) is 9.80 Å². The highest BCUT2D eigenvalue weighted by molar-refractivity contribution is 5.62. The van der Waals surface area contributed by atoms with Gasteiger partial charge in [-0.25, -0.2) is 0 Å². The highest BCUT2D eigenvalue weighted by Crippen LogP contribution is 2.51. The first-order valence-corrected chi connectivity index (χ1v) is 11.6. The molecule has 2 aliphatic heterocycles. The van der Waals surface area contributed by atoms with Gasteiger partial charge in [-0.15, -0.1) is 0 Å². The fraction of sp³-hybridized carbons (Fsp3) is 0.538. The number of hydrogen-bond donors (Lipinski definition) is 1. The quantitative estimate of drug-likeness (QED) is 0.676. The number of aromatic hydroxyl groups is 1. The Balaban J connectivity index is 1.87. The molecule has 2 heterocycles. The highest BCUT2D eigenvalue weighted by Gasteiger charge is 2.32. The molecule has 174 valence electrons. The smallest absolute Gasteiger partial charge is 0.201 e. The number of phenols is 1. The van der Waals surface area contributed by atoms with E-state index in [2.05, 4.69) is 49.9 Å². The van der Waals surface area contributed by atoms with Gasteiger partial charge < -0.3 is 19.3 Å². The molecule has 0 spiro atoms. The van der Waals surface area contributed by atoms with Gasteiger partial charge in [-0.2, -0.15) is 0 Å². The lowest BCUT2D eigenvalue weighted by molar-refractivity contribution is 0.216. The van der Waals surface area contributed by atoms with Crippen molar-refractivity contribution in [1.82, 2.24) is 9.80 Å². The Bertz CT molecular complexity index is 991. The Labute approximate surface area is 191 Å². The second-order valence-corrected chi connectivity index (χ2v) is 8.94. The first-order chi connectivity index (χ1) is 15.4. The predicted octanol–water partition coefficient (Wildman–Crippen LogP) is 5.08. The summed E-state index contributed by atoms with van der Waals surface area (Å²) in [6.45, 7) is 6.38. The van der Waals surface area contributed by atoms with Crippen LogP contribution in [0.5, 0.6) is 28.7 Å². The minimum Gasteiger partial charge on any atom is -0.502 e. The van der Waals surface area contributed by atoms with E-state index in [1.165, 1.54) is 16.7 Å². The van der Waals surface area contributed by atoms with Crippen LogP contribution in [-0.4, -0.2) is 56.3 Å². The molecule has 1 N–H and O–H groups in total. The van der Waals surface area contributed by atoms with Crippen LogP contribution in [0.2, 0.25) is 0 Å². The van der Waals surface area contributed by atoms with Gasteiger partial charge in [0.05, 0.1) is 14.2 Å². The van der Waals surface area contributed by atoms with Crippen LogP contribution in [0.1, 0.15) is 61.0 Å². The Morgan fingerprint density at radius 2 is 1.44 bits per heavy atom. The third-order valence-corrected chi connectivity index (χ3v) is 7.20. The van der Waals surface area contributed by atoms with Crippen molar-refractivity contribution in [2.75, 3.05) is 41.4 Å². The maximum atomic E-state index is 11.1. The zero-order chi connectivity index (χ0) is 23.0. The molecule has 0 aromatic heterocycles. The normalized spacial score (nSPS) is 21.1. The van der Waals surface area contributed by atoms with Crippen molar-refractivity contribution in [1.29, 1.82) is 0 Å². The van der Waals surface area contributed by atoms with E-state index in [-0.39, 0.29) is 11.8 Å². The Morgan fingerprint density at radius 1 is 0.844 bits per heavy atom. The summed E-state index contributed by atoms with van der Waals surface area (Å²) in [4.78, 5) is 4.72. The zero-order valence-corrected chi connectivity index (χ0v) is 20.2. The topological polar surface area (TPSA) is 54.4 Å². The van der Waals surface area contributed by atoms with Gasteiger partial charge in [0.15, 0.2) is 23.0 Å². The van der Waals surface area contributed by atoms with Gasteiger partial charge in [-0.1, -0.05) is 13.8 Å². The summed E-state index contributed by atoms with van der Waals surface area (Å²) in [7, 11) is 7.56. The molecule has 32 heavy (non-hydrogen) atoms. The van der Waals surface area contributed by atoms with Crippen LogP contribution in [0.15, 0.2) is 18.2 Å². The van der Waals surface area contributed by atoms with E-state index < -0.39 is 0 Å². The van der Waals surface area contributed by atoms with Crippen molar-refractivity contribution < 1.29 is 19.3 Å². The van der Waals surface area contributed by atoms with Crippen LogP contribution < -0.4 is 14.2 Å². The van der Waals surface area contributed by atoms with Crippen LogP contribution in [0.3, 0.4) is 0 Å². The van der Waals surface area contributed by atoms with Crippen LogP contribution in [0.25, 0.3) is 0 Å². The van der Waals surface area contributed by atoms with E-state index in [0.717, 1.165) is 44.3 Å². The minimum absolute atomic E-state index is 0.0453. The average molecular weight is 441 g/mol. The fourth-order valence-corrected chi connectivity index (χ4v) is 5.42. The molecule has 2 aromatic rings. The number of rotatable bonds is 6. The van der Waals surface area contributed by atoms with E-state index in [9.17, 15) is 5.11 Å². The number of phenolic OH excluding ortho intramolecular Hbond substituents is 1. The van der Waals surface area contributed by atoms with Gasteiger partial charge in [0.25, 0.3) is 0 Å². The molecule has 4 rings (SSSR count). The molecule has 2 atom stereocenters. The standard InChI is InChI=1S/C26H36N2O4/c1-7-19-18-15-22(21(30-5)13-16(18)9-11-27(19)3)32-26-24-17(14-23(31-6)25(26)29)10-12-28(4)20(24)8-2/h13-15,19-20,29H,7-12H2,1-6H3/t19-,20-/m0/s1. The molecule has 0 bridgehead atoms. The lowest BCUT2D eigenvalue weighted by Gasteiger charge is -2.36. The maximum absolute atomic E-state index is 11.1. The summed E-state index contributed by atoms with van der Waals surface area (Å²) in [6, 6.07) is 6.68. The fourth-order valence-electron chi connectivity index (χ4n) is 5.42. The highest BCUT2D eigenvalue weighted by atomic mass is 16.5. The predicted molar refractivity (Wildman–Crippen MR) is 126 cm³/mol. The first-order valence-electron chi connectivity index (χ1n) is 11.6. The molecule has 0 saturated heterocycles. The Kier molecular flexibility index (Phi) is 6.54. The van der Waals surface area contributed by atoms with E-state index in [4.69, 9.17) is 14.2 Å². The second kappa shape index (κ2) is 9.20. The third kappa shape index (κ3) is 3.80. The van der Waals surface area contributed by atoms with Crippen LogP contribution in [-0.2, 0) is 12.8 Å². The van der Waals surface area contributed by atoms with Gasteiger partial charge in [-0.05, 0) is 74.7 Å². The molecular formula is C26H36N2O4. The molecule has 2 aromatic carbocycles. The SMILES string of the molecule is CC[C@H]1c2cc(Oc3c(O)c(OC)cc4c3[C@H](CC)N(C)CC4)c(OC)cc2CCN1C. The van der Waals surface area contributed by atoms with Crippen molar-refractivity contribution in [3.63, 3.8) is 0 Å². The van der Waals surface area contributed by atoms with Crippen molar-refractivity contribution in [2.24, 2.45) is 0 Å². The van der Waals surface area contributed by atoms with Crippen LogP contribution >= 0.6 is 0 Å². The lowest BCUT2D eigenvalue weighted by Crippen LogP contribution is -2.32. The second-order valence-electron chi connectivity index (χ2n) is 8.94. The number of methoxy groups -OCH3 is 2. The van der Waals surface area contributed by atoms with Gasteiger partial charge in [0.1, 0.15) is 0 Å². The summed E-state index contributed by atoms with van der Waals surface area (Å²) in [5.74, 6) is 2.29. The van der Waals surface area contributed by atoms with E-state index in [1.807, 2.05) is 6.07 Å². The van der Waals surface area contributed by atoms with E-state index in [0.29, 0.717) is 29.0 Å². The zero-order valence-electron chi connectivity index (χ0n) is 20.2. The van der Waals surface area contributed by atoms with Crippen molar-refractivity contribution >= 4 is 0 Å². The first kappa shape index (κ1) is 22.7. The maximum Gasteiger partial charge on any atom is 0.201 e. The molecule has 0 amide bonds. The van der Waals surface area contributed by atoms with Crippen LogP contribution in [0.4, 0.5) is 0 Å². The van der Waals surface area contributed by atoms with Crippen molar-refractivity contribution in [2.45, 2.75) is 51.6 Å². The average Bonchev–Trinajstić information content (AvgIpc) is 2.80. The van der Waals surface area contributed by atoms with Gasteiger partial charge >= 0.3 is 0 Å². The van der Waals surface area contributed by atoms with Crippen molar-refractivity contribution in [3.8, 4) is 28.7 Å². The lowest BCUT2D eigenvalue weighted by atomic mass is 9.89. The summed E-state index contributed by atoms with van der Waals surface area (Å²) in [5, 5.41) is 11.1. The molecule has 6 heteroatoms. The summed E-state index contributed by atoms with van der Waals surface area (Å²) in [6.07, 6.45) is 3.83. The van der Waals surface area contributed by atoms with E-state index >= 15 is 0 Å².